The highest BCUT2D eigenvalue weighted by Crippen LogP contribution is 2.28. The number of aromatic nitrogens is 3. The Morgan fingerprint density at radius 1 is 1.06 bits per heavy atom. The predicted octanol–water partition coefficient (Wildman–Crippen LogP) is 3.95. The molecule has 1 aliphatic rings. The van der Waals surface area contributed by atoms with E-state index >= 15 is 0 Å². The summed E-state index contributed by atoms with van der Waals surface area (Å²) in [4.78, 5) is 20.1. The largest absolute Gasteiger partial charge is 0.367 e. The van der Waals surface area contributed by atoms with E-state index in [1.807, 2.05) is 48.5 Å². The van der Waals surface area contributed by atoms with Crippen molar-refractivity contribution in [2.24, 2.45) is 0 Å². The first-order valence-corrected chi connectivity index (χ1v) is 11.7. The van der Waals surface area contributed by atoms with Crippen LogP contribution in [0.25, 0.3) is 16.8 Å². The van der Waals surface area contributed by atoms with Gasteiger partial charge in [0.15, 0.2) is 5.65 Å². The minimum Gasteiger partial charge on any atom is -0.367 e. The molecule has 4 aromatic rings. The summed E-state index contributed by atoms with van der Waals surface area (Å²) in [6, 6.07) is 17.1. The number of nitrogens with one attached hydrogen (secondary N) is 2. The van der Waals surface area contributed by atoms with Crippen LogP contribution in [-0.4, -0.2) is 58.2 Å². The molecule has 1 amide bonds. The van der Waals surface area contributed by atoms with Crippen molar-refractivity contribution in [3.05, 3.63) is 77.7 Å². The maximum absolute atomic E-state index is 13.2. The van der Waals surface area contributed by atoms with Gasteiger partial charge in [-0.05, 0) is 35.9 Å². The number of carbonyl (C=O) groups excluding carboxylic acids is 1. The van der Waals surface area contributed by atoms with Crippen molar-refractivity contribution in [1.29, 1.82) is 0 Å². The molecule has 9 heteroatoms. The highest BCUT2D eigenvalue weighted by Gasteiger charge is 2.20. The molecule has 2 aromatic heterocycles. The smallest absolute Gasteiger partial charge is 0.274 e. The zero-order chi connectivity index (χ0) is 23.5. The fourth-order valence-corrected chi connectivity index (χ4v) is 4.42. The summed E-state index contributed by atoms with van der Waals surface area (Å²) in [6.45, 7) is 6.61. The van der Waals surface area contributed by atoms with Gasteiger partial charge in [0.25, 0.3) is 5.91 Å². The van der Waals surface area contributed by atoms with Crippen LogP contribution in [0.4, 0.5) is 11.4 Å². The summed E-state index contributed by atoms with van der Waals surface area (Å²) >= 11 is 6.17. The van der Waals surface area contributed by atoms with Gasteiger partial charge in [-0.3, -0.25) is 10.2 Å². The maximum Gasteiger partial charge on any atom is 0.274 e. The van der Waals surface area contributed by atoms with Crippen molar-refractivity contribution in [3.63, 3.8) is 0 Å². The summed E-state index contributed by atoms with van der Waals surface area (Å²) in [7, 11) is 0. The molecule has 0 aliphatic carbocycles. The number of para-hydroxylation sites is 2. The highest BCUT2D eigenvalue weighted by molar-refractivity contribution is 6.30. The Morgan fingerprint density at radius 2 is 1.88 bits per heavy atom. The number of amides is 1. The topological polar surface area (TPSA) is 77.8 Å². The van der Waals surface area contributed by atoms with E-state index in [0.717, 1.165) is 55.2 Å². The maximum atomic E-state index is 13.2. The van der Waals surface area contributed by atoms with Crippen LogP contribution < -0.4 is 15.6 Å². The van der Waals surface area contributed by atoms with E-state index < -0.39 is 0 Å². The van der Waals surface area contributed by atoms with E-state index in [4.69, 9.17) is 11.6 Å². The first-order valence-electron chi connectivity index (χ1n) is 11.4. The average molecular weight is 476 g/mol. The Kier molecular flexibility index (Phi) is 6.44. The molecule has 8 nitrogen and oxygen atoms in total. The molecule has 174 valence electrons. The number of benzene rings is 2. The number of fused-ring (bicyclic) bond motifs is 1. The summed E-state index contributed by atoms with van der Waals surface area (Å²) in [6.07, 6.45) is 3.48. The molecule has 0 bridgehead atoms. The van der Waals surface area contributed by atoms with Gasteiger partial charge in [-0.2, -0.15) is 5.10 Å². The van der Waals surface area contributed by atoms with E-state index in [1.165, 1.54) is 0 Å². The number of hydrazine groups is 1. The lowest BCUT2D eigenvalue weighted by Gasteiger charge is -2.36. The molecule has 0 spiro atoms. The second kappa shape index (κ2) is 9.80. The van der Waals surface area contributed by atoms with Gasteiger partial charge in [0.2, 0.25) is 0 Å². The number of anilines is 2. The molecule has 0 saturated carbocycles. The van der Waals surface area contributed by atoms with Crippen LogP contribution in [0.1, 0.15) is 17.4 Å². The Bertz CT molecular complexity index is 1310. The van der Waals surface area contributed by atoms with Gasteiger partial charge in [0.05, 0.1) is 17.6 Å². The zero-order valence-electron chi connectivity index (χ0n) is 18.9. The molecule has 0 radical (unpaired) electrons. The van der Waals surface area contributed by atoms with Gasteiger partial charge in [0, 0.05) is 49.5 Å². The average Bonchev–Trinajstić information content (AvgIpc) is 3.28. The molecule has 0 atom stereocenters. The summed E-state index contributed by atoms with van der Waals surface area (Å²) in [5, 5.41) is 10.3. The number of halogens is 1. The second-order valence-electron chi connectivity index (χ2n) is 8.11. The number of piperazine rings is 1. The van der Waals surface area contributed by atoms with E-state index in [2.05, 4.69) is 37.7 Å². The van der Waals surface area contributed by atoms with Crippen LogP contribution in [0.15, 0.2) is 67.0 Å². The fourth-order valence-electron chi connectivity index (χ4n) is 4.23. The summed E-state index contributed by atoms with van der Waals surface area (Å²) < 4.78 is 1.66. The quantitative estimate of drug-likeness (QED) is 0.439. The zero-order valence-corrected chi connectivity index (χ0v) is 19.7. The van der Waals surface area contributed by atoms with Crippen LogP contribution >= 0.6 is 11.6 Å². The Hall–Kier alpha value is -3.46. The predicted molar refractivity (Wildman–Crippen MR) is 135 cm³/mol. The molecule has 34 heavy (non-hydrogen) atoms. The van der Waals surface area contributed by atoms with Crippen molar-refractivity contribution in [2.75, 3.05) is 42.9 Å². The second-order valence-corrected chi connectivity index (χ2v) is 8.54. The fraction of sp³-hybridized carbons (Fsp3) is 0.240. The Labute approximate surface area is 203 Å². The van der Waals surface area contributed by atoms with Gasteiger partial charge in [-0.15, -0.1) is 0 Å². The molecule has 0 unspecified atom stereocenters. The number of hydrogen-bond donors (Lipinski definition) is 2. The van der Waals surface area contributed by atoms with Crippen LogP contribution in [0, 0.1) is 0 Å². The van der Waals surface area contributed by atoms with Crippen LogP contribution in [0.3, 0.4) is 0 Å². The number of carbonyl (C=O) groups is 1. The molecule has 3 heterocycles. The number of nitrogens with zero attached hydrogens (tertiary/aromatic N) is 5. The van der Waals surface area contributed by atoms with Gasteiger partial charge < -0.3 is 10.2 Å². The third-order valence-electron chi connectivity index (χ3n) is 5.89. The molecule has 1 aliphatic heterocycles. The lowest BCUT2D eigenvalue weighted by molar-refractivity contribution is 0.102. The van der Waals surface area contributed by atoms with Crippen LogP contribution in [0.5, 0.6) is 0 Å². The monoisotopic (exact) mass is 475 g/mol. The standard InChI is InChI=1S/C25H26ClN7O/c1-2-27-32-14-12-31(13-15-32)23-9-4-3-8-21(23)30-25(34)22-10-11-33-24(29-22)20(17-28-33)18-6-5-7-19(26)16-18/h3-11,16-17,27H,2,12-15H2,1H3,(H,30,34). The molecule has 5 rings (SSSR count). The third kappa shape index (κ3) is 4.61. The minimum atomic E-state index is -0.264. The lowest BCUT2D eigenvalue weighted by atomic mass is 10.1. The summed E-state index contributed by atoms with van der Waals surface area (Å²) in [5.41, 5.74) is 7.79. The van der Waals surface area contributed by atoms with Gasteiger partial charge >= 0.3 is 0 Å². The van der Waals surface area contributed by atoms with Crippen LogP contribution in [0.2, 0.25) is 5.02 Å². The van der Waals surface area contributed by atoms with E-state index in [9.17, 15) is 4.79 Å². The SMILES string of the molecule is CCNN1CCN(c2ccccc2NC(=O)c2ccn3ncc(-c4cccc(Cl)c4)c3n2)CC1. The van der Waals surface area contributed by atoms with Crippen molar-refractivity contribution in [2.45, 2.75) is 6.92 Å². The summed E-state index contributed by atoms with van der Waals surface area (Å²) in [5.74, 6) is -0.264. The van der Waals surface area contributed by atoms with Crippen LogP contribution in [-0.2, 0) is 0 Å². The lowest BCUT2D eigenvalue weighted by Crippen LogP contribution is -2.52. The number of hydrogen-bond acceptors (Lipinski definition) is 6. The van der Waals surface area contributed by atoms with Gasteiger partial charge in [-0.1, -0.05) is 42.8 Å². The van der Waals surface area contributed by atoms with E-state index in [1.54, 1.807) is 23.0 Å². The molecular weight excluding hydrogens is 450 g/mol. The van der Waals surface area contributed by atoms with E-state index in [0.29, 0.717) is 16.4 Å². The molecule has 2 N–H and O–H groups in total. The van der Waals surface area contributed by atoms with Crippen molar-refractivity contribution in [3.8, 4) is 11.1 Å². The molecule has 1 fully saturated rings. The molecule has 1 saturated heterocycles. The minimum absolute atomic E-state index is 0.264. The number of rotatable bonds is 6. The normalized spacial score (nSPS) is 14.5. The first kappa shape index (κ1) is 22.3. The van der Waals surface area contributed by atoms with Gasteiger partial charge in [0.1, 0.15) is 5.69 Å². The van der Waals surface area contributed by atoms with Crippen molar-refractivity contribution >= 4 is 34.5 Å². The van der Waals surface area contributed by atoms with E-state index in [-0.39, 0.29) is 5.91 Å². The molecule has 2 aromatic carbocycles. The Balaban J connectivity index is 1.38. The van der Waals surface area contributed by atoms with Crippen molar-refractivity contribution in [1.82, 2.24) is 25.0 Å². The van der Waals surface area contributed by atoms with Crippen molar-refractivity contribution < 1.29 is 4.79 Å². The van der Waals surface area contributed by atoms with Gasteiger partial charge in [-0.25, -0.2) is 14.5 Å². The third-order valence-corrected chi connectivity index (χ3v) is 6.13. The molecular formula is C25H26ClN7O. The first-order chi connectivity index (χ1) is 16.6. The Morgan fingerprint density at radius 3 is 2.68 bits per heavy atom. The highest BCUT2D eigenvalue weighted by atomic mass is 35.5.